The predicted octanol–water partition coefficient (Wildman–Crippen LogP) is 4.55. The van der Waals surface area contributed by atoms with Gasteiger partial charge in [-0.05, 0) is 54.4 Å². The van der Waals surface area contributed by atoms with Crippen molar-refractivity contribution in [3.63, 3.8) is 0 Å². The van der Waals surface area contributed by atoms with Crippen molar-refractivity contribution in [3.05, 3.63) is 66.4 Å². The molecule has 0 radical (unpaired) electrons. The van der Waals surface area contributed by atoms with Gasteiger partial charge in [0, 0.05) is 12.1 Å². The van der Waals surface area contributed by atoms with Gasteiger partial charge in [-0.2, -0.15) is 5.10 Å². The van der Waals surface area contributed by atoms with Crippen molar-refractivity contribution in [1.29, 1.82) is 0 Å². The number of para-hydroxylation sites is 1. The Hall–Kier alpha value is -3.97. The summed E-state index contributed by atoms with van der Waals surface area (Å²) in [7, 11) is 1.68. The maximum Gasteiger partial charge on any atom is 0.161 e. The first-order chi connectivity index (χ1) is 15.8. The summed E-state index contributed by atoms with van der Waals surface area (Å²) in [5.41, 5.74) is 8.64. The van der Waals surface area contributed by atoms with E-state index in [1.165, 1.54) is 5.57 Å². The number of methoxy groups -OCH3 is 1. The number of pyridine rings is 1. The number of nitrogens with one attached hydrogen (secondary N) is 3. The molecule has 0 bridgehead atoms. The van der Waals surface area contributed by atoms with Gasteiger partial charge in [0.25, 0.3) is 0 Å². The first kappa shape index (κ1) is 18.8. The third kappa shape index (κ3) is 3.14. The van der Waals surface area contributed by atoms with Crippen LogP contribution in [0.5, 0.6) is 5.75 Å². The predicted molar refractivity (Wildman–Crippen MR) is 126 cm³/mol. The molecule has 5 aromatic rings. The quantitative estimate of drug-likeness (QED) is 0.395. The Morgan fingerprint density at radius 3 is 2.75 bits per heavy atom. The standard InChI is InChI=1S/C25H22N6O/c1-32-17-5-2-4-16(14-17)18-6-3-7-20-22(18)29-25(28-20)24-23-21(30-31-24)9-8-19(27-23)15-10-12-26-13-11-15/h2-10,14,26H,11-13H2,1H3,(H,28,29)(H,30,31). The Labute approximate surface area is 184 Å². The average molecular weight is 422 g/mol. The fourth-order valence-electron chi connectivity index (χ4n) is 4.27. The zero-order chi connectivity index (χ0) is 21.5. The van der Waals surface area contributed by atoms with E-state index in [2.05, 4.69) is 44.8 Å². The first-order valence-electron chi connectivity index (χ1n) is 10.7. The fourth-order valence-corrected chi connectivity index (χ4v) is 4.27. The summed E-state index contributed by atoms with van der Waals surface area (Å²) < 4.78 is 5.40. The molecule has 0 spiro atoms. The van der Waals surface area contributed by atoms with E-state index >= 15 is 0 Å². The second-order valence-electron chi connectivity index (χ2n) is 7.87. The molecule has 6 rings (SSSR count). The highest BCUT2D eigenvalue weighted by atomic mass is 16.5. The minimum Gasteiger partial charge on any atom is -0.497 e. The maximum absolute atomic E-state index is 5.40. The average Bonchev–Trinajstić information content (AvgIpc) is 3.48. The summed E-state index contributed by atoms with van der Waals surface area (Å²) in [5, 5.41) is 11.0. The van der Waals surface area contributed by atoms with Gasteiger partial charge in [-0.15, -0.1) is 0 Å². The van der Waals surface area contributed by atoms with Gasteiger partial charge in [-0.25, -0.2) is 9.97 Å². The molecule has 3 N–H and O–H groups in total. The van der Waals surface area contributed by atoms with E-state index in [0.717, 1.165) is 69.8 Å². The van der Waals surface area contributed by atoms with Crippen LogP contribution in [0.25, 0.3) is 50.3 Å². The number of aromatic amines is 2. The minimum atomic E-state index is 0.700. The lowest BCUT2D eigenvalue weighted by atomic mass is 10.0. The van der Waals surface area contributed by atoms with E-state index in [0.29, 0.717) is 5.82 Å². The van der Waals surface area contributed by atoms with Gasteiger partial charge in [-0.1, -0.05) is 30.3 Å². The van der Waals surface area contributed by atoms with Crippen molar-refractivity contribution in [2.45, 2.75) is 6.42 Å². The number of H-pyrrole nitrogens is 2. The number of fused-ring (bicyclic) bond motifs is 2. The van der Waals surface area contributed by atoms with E-state index < -0.39 is 0 Å². The van der Waals surface area contributed by atoms with Crippen molar-refractivity contribution in [2.24, 2.45) is 0 Å². The molecular formula is C25H22N6O. The van der Waals surface area contributed by atoms with Crippen molar-refractivity contribution in [1.82, 2.24) is 30.5 Å². The van der Waals surface area contributed by atoms with Crippen LogP contribution in [-0.2, 0) is 0 Å². The molecule has 0 fully saturated rings. The molecule has 32 heavy (non-hydrogen) atoms. The molecule has 0 unspecified atom stereocenters. The molecule has 7 nitrogen and oxygen atoms in total. The van der Waals surface area contributed by atoms with Crippen molar-refractivity contribution in [2.75, 3.05) is 20.2 Å². The molecule has 4 heterocycles. The van der Waals surface area contributed by atoms with Crippen LogP contribution in [0.4, 0.5) is 0 Å². The number of benzene rings is 2. The van der Waals surface area contributed by atoms with E-state index in [4.69, 9.17) is 14.7 Å². The molecule has 0 saturated carbocycles. The van der Waals surface area contributed by atoms with Gasteiger partial charge in [0.05, 0.1) is 29.4 Å². The van der Waals surface area contributed by atoms with Gasteiger partial charge in [-0.3, -0.25) is 5.10 Å². The van der Waals surface area contributed by atoms with Crippen LogP contribution in [0, 0.1) is 0 Å². The lowest BCUT2D eigenvalue weighted by Gasteiger charge is -2.13. The highest BCUT2D eigenvalue weighted by molar-refractivity contribution is 5.96. The van der Waals surface area contributed by atoms with Crippen molar-refractivity contribution < 1.29 is 4.74 Å². The lowest BCUT2D eigenvalue weighted by molar-refractivity contribution is 0.415. The highest BCUT2D eigenvalue weighted by Crippen LogP contribution is 2.32. The summed E-state index contributed by atoms with van der Waals surface area (Å²) in [6.07, 6.45) is 3.18. The molecule has 3 aromatic heterocycles. The van der Waals surface area contributed by atoms with Crippen LogP contribution in [0.3, 0.4) is 0 Å². The van der Waals surface area contributed by atoms with Gasteiger partial charge in [0.2, 0.25) is 0 Å². The summed E-state index contributed by atoms with van der Waals surface area (Å²) in [5.74, 6) is 1.52. The van der Waals surface area contributed by atoms with Gasteiger partial charge < -0.3 is 15.0 Å². The number of nitrogens with zero attached hydrogens (tertiary/aromatic N) is 3. The number of hydrogen-bond donors (Lipinski definition) is 3. The van der Waals surface area contributed by atoms with Crippen molar-refractivity contribution in [3.8, 4) is 28.4 Å². The minimum absolute atomic E-state index is 0.700. The third-order valence-electron chi connectivity index (χ3n) is 5.92. The molecule has 1 aliphatic rings. The lowest BCUT2D eigenvalue weighted by Crippen LogP contribution is -2.20. The monoisotopic (exact) mass is 422 g/mol. The Morgan fingerprint density at radius 2 is 1.88 bits per heavy atom. The second-order valence-corrected chi connectivity index (χ2v) is 7.87. The zero-order valence-corrected chi connectivity index (χ0v) is 17.6. The molecule has 0 atom stereocenters. The van der Waals surface area contributed by atoms with Gasteiger partial charge >= 0.3 is 0 Å². The van der Waals surface area contributed by atoms with E-state index in [1.54, 1.807) is 7.11 Å². The summed E-state index contributed by atoms with van der Waals surface area (Å²) >= 11 is 0. The third-order valence-corrected chi connectivity index (χ3v) is 5.92. The molecule has 7 heteroatoms. The Bertz CT molecular complexity index is 1480. The van der Waals surface area contributed by atoms with E-state index in [9.17, 15) is 0 Å². The fraction of sp³-hybridized carbons (Fsp3) is 0.160. The Morgan fingerprint density at radius 1 is 0.938 bits per heavy atom. The van der Waals surface area contributed by atoms with E-state index in [1.807, 2.05) is 36.4 Å². The van der Waals surface area contributed by atoms with Crippen LogP contribution < -0.4 is 10.1 Å². The Balaban J connectivity index is 1.48. The smallest absolute Gasteiger partial charge is 0.161 e. The molecule has 0 saturated heterocycles. The Kier molecular flexibility index (Phi) is 4.47. The van der Waals surface area contributed by atoms with Crippen LogP contribution in [-0.4, -0.2) is 45.3 Å². The van der Waals surface area contributed by atoms with Crippen LogP contribution in [0.2, 0.25) is 0 Å². The first-order valence-corrected chi connectivity index (χ1v) is 10.7. The van der Waals surface area contributed by atoms with Crippen LogP contribution in [0.15, 0.2) is 60.7 Å². The van der Waals surface area contributed by atoms with Crippen LogP contribution in [0.1, 0.15) is 12.1 Å². The summed E-state index contributed by atoms with van der Waals surface area (Å²) in [6, 6.07) is 18.3. The largest absolute Gasteiger partial charge is 0.497 e. The maximum atomic E-state index is 5.40. The molecule has 0 aliphatic carbocycles. The van der Waals surface area contributed by atoms with Gasteiger partial charge in [0.1, 0.15) is 11.3 Å². The molecule has 1 aliphatic heterocycles. The molecule has 0 amide bonds. The summed E-state index contributed by atoms with van der Waals surface area (Å²) in [6.45, 7) is 1.85. The number of rotatable bonds is 4. The normalized spacial score (nSPS) is 14.1. The second kappa shape index (κ2) is 7.62. The zero-order valence-electron chi connectivity index (χ0n) is 17.6. The molecular weight excluding hydrogens is 400 g/mol. The van der Waals surface area contributed by atoms with Crippen LogP contribution >= 0.6 is 0 Å². The number of aromatic nitrogens is 5. The SMILES string of the molecule is COc1cccc(-c2cccc3[nH]c(-c4n[nH]c5ccc(C6=CCNCC6)nc45)nc23)c1. The van der Waals surface area contributed by atoms with Gasteiger partial charge in [0.15, 0.2) is 11.5 Å². The molecule has 158 valence electrons. The topological polar surface area (TPSA) is 91.5 Å². The number of imidazole rings is 1. The molecule has 2 aromatic carbocycles. The number of hydrogen-bond acceptors (Lipinski definition) is 5. The van der Waals surface area contributed by atoms with Crippen molar-refractivity contribution >= 4 is 27.6 Å². The summed E-state index contributed by atoms with van der Waals surface area (Å²) in [4.78, 5) is 13.3. The van der Waals surface area contributed by atoms with E-state index in [-0.39, 0.29) is 0 Å². The number of ether oxygens (including phenoxy) is 1. The highest BCUT2D eigenvalue weighted by Gasteiger charge is 2.17.